The van der Waals surface area contributed by atoms with Crippen LogP contribution in [0, 0.1) is 13.8 Å². The molecule has 0 fully saturated rings. The van der Waals surface area contributed by atoms with Gasteiger partial charge >= 0.3 is 0 Å². The van der Waals surface area contributed by atoms with Crippen molar-refractivity contribution in [1.29, 1.82) is 0 Å². The topological polar surface area (TPSA) is 9.23 Å². The number of alkyl halides is 1. The number of hydrogen-bond acceptors (Lipinski definition) is 2. The summed E-state index contributed by atoms with van der Waals surface area (Å²) in [5.74, 6) is 0.850. The third kappa shape index (κ3) is 2.48. The standard InChI is InChI=1S/C14H15ClOS/c1-9-4-5-12(16-3)11(8-9)13(15)14-10(2)6-7-17-14/h4-8,13H,1-3H3. The van der Waals surface area contributed by atoms with Crippen molar-refractivity contribution in [3.8, 4) is 5.75 Å². The minimum Gasteiger partial charge on any atom is -0.496 e. The normalized spacial score (nSPS) is 12.5. The van der Waals surface area contributed by atoms with Crippen LogP contribution in [0.15, 0.2) is 29.6 Å². The van der Waals surface area contributed by atoms with E-state index in [4.69, 9.17) is 16.3 Å². The minimum atomic E-state index is -0.134. The van der Waals surface area contributed by atoms with Gasteiger partial charge in [0.05, 0.1) is 12.5 Å². The molecular formula is C14H15ClOS. The number of thiophene rings is 1. The van der Waals surface area contributed by atoms with Crippen LogP contribution in [-0.2, 0) is 0 Å². The molecule has 0 aliphatic heterocycles. The average Bonchev–Trinajstić information content (AvgIpc) is 2.74. The highest BCUT2D eigenvalue weighted by Crippen LogP contribution is 2.39. The van der Waals surface area contributed by atoms with Crippen LogP contribution in [0.5, 0.6) is 5.75 Å². The molecule has 0 bridgehead atoms. The molecule has 1 aromatic heterocycles. The Kier molecular flexibility index (Phi) is 3.75. The van der Waals surface area contributed by atoms with Gasteiger partial charge in [0.1, 0.15) is 5.75 Å². The van der Waals surface area contributed by atoms with Gasteiger partial charge in [-0.05, 0) is 36.9 Å². The fourth-order valence-electron chi connectivity index (χ4n) is 1.84. The van der Waals surface area contributed by atoms with Gasteiger partial charge in [-0.3, -0.25) is 0 Å². The molecule has 0 amide bonds. The Morgan fingerprint density at radius 1 is 1.24 bits per heavy atom. The van der Waals surface area contributed by atoms with Crippen LogP contribution in [0.3, 0.4) is 0 Å². The molecule has 2 aromatic rings. The summed E-state index contributed by atoms with van der Waals surface area (Å²) in [6.45, 7) is 4.15. The van der Waals surface area contributed by atoms with Crippen molar-refractivity contribution in [3.05, 3.63) is 51.2 Å². The van der Waals surface area contributed by atoms with Crippen LogP contribution < -0.4 is 4.74 Å². The summed E-state index contributed by atoms with van der Waals surface area (Å²) >= 11 is 8.25. The second-order valence-corrected chi connectivity index (χ2v) is 5.46. The maximum Gasteiger partial charge on any atom is 0.123 e. The van der Waals surface area contributed by atoms with Crippen molar-refractivity contribution < 1.29 is 4.74 Å². The molecule has 90 valence electrons. The zero-order chi connectivity index (χ0) is 12.4. The van der Waals surface area contributed by atoms with Gasteiger partial charge in [0.2, 0.25) is 0 Å². The van der Waals surface area contributed by atoms with E-state index >= 15 is 0 Å². The van der Waals surface area contributed by atoms with Gasteiger partial charge in [-0.25, -0.2) is 0 Å². The van der Waals surface area contributed by atoms with E-state index in [0.29, 0.717) is 0 Å². The molecule has 1 unspecified atom stereocenters. The molecule has 0 N–H and O–H groups in total. The monoisotopic (exact) mass is 266 g/mol. The number of hydrogen-bond donors (Lipinski definition) is 0. The van der Waals surface area contributed by atoms with Crippen LogP contribution >= 0.6 is 22.9 Å². The molecule has 1 atom stereocenters. The number of halogens is 1. The highest BCUT2D eigenvalue weighted by Gasteiger charge is 2.18. The maximum atomic E-state index is 6.56. The van der Waals surface area contributed by atoms with Gasteiger partial charge in [-0.1, -0.05) is 17.7 Å². The molecule has 0 spiro atoms. The van der Waals surface area contributed by atoms with Crippen LogP contribution in [0.25, 0.3) is 0 Å². The van der Waals surface area contributed by atoms with E-state index in [-0.39, 0.29) is 5.38 Å². The Labute approximate surface area is 111 Å². The molecule has 0 aliphatic rings. The van der Waals surface area contributed by atoms with E-state index in [1.165, 1.54) is 16.0 Å². The van der Waals surface area contributed by atoms with Gasteiger partial charge in [0.15, 0.2) is 0 Å². The summed E-state index contributed by atoms with van der Waals surface area (Å²) in [6.07, 6.45) is 0. The second-order valence-electron chi connectivity index (χ2n) is 4.08. The molecule has 1 heterocycles. The lowest BCUT2D eigenvalue weighted by Gasteiger charge is -2.14. The zero-order valence-electron chi connectivity index (χ0n) is 10.2. The Hall–Kier alpha value is -0.990. The maximum absolute atomic E-state index is 6.56. The first-order valence-corrected chi connectivity index (χ1v) is 6.77. The van der Waals surface area contributed by atoms with Crippen LogP contribution in [0.4, 0.5) is 0 Å². The van der Waals surface area contributed by atoms with Gasteiger partial charge in [0, 0.05) is 10.4 Å². The van der Waals surface area contributed by atoms with Crippen molar-refractivity contribution in [1.82, 2.24) is 0 Å². The number of ether oxygens (including phenoxy) is 1. The Bertz CT molecular complexity index is 519. The van der Waals surface area contributed by atoms with Gasteiger partial charge in [0.25, 0.3) is 0 Å². The van der Waals surface area contributed by atoms with Crippen molar-refractivity contribution >= 4 is 22.9 Å². The molecular weight excluding hydrogens is 252 g/mol. The Morgan fingerprint density at radius 2 is 2.00 bits per heavy atom. The van der Waals surface area contributed by atoms with Crippen LogP contribution in [-0.4, -0.2) is 7.11 Å². The number of benzene rings is 1. The van der Waals surface area contributed by atoms with E-state index < -0.39 is 0 Å². The summed E-state index contributed by atoms with van der Waals surface area (Å²) in [5, 5.41) is 1.94. The quantitative estimate of drug-likeness (QED) is 0.732. The molecule has 1 aromatic carbocycles. The van der Waals surface area contributed by atoms with Crippen molar-refractivity contribution in [3.63, 3.8) is 0 Å². The van der Waals surface area contributed by atoms with Crippen LogP contribution in [0.1, 0.15) is 26.9 Å². The number of rotatable bonds is 3. The van der Waals surface area contributed by atoms with Crippen LogP contribution in [0.2, 0.25) is 0 Å². The highest BCUT2D eigenvalue weighted by molar-refractivity contribution is 7.10. The first-order valence-electron chi connectivity index (χ1n) is 5.46. The predicted molar refractivity (Wildman–Crippen MR) is 74.5 cm³/mol. The average molecular weight is 267 g/mol. The molecule has 0 radical (unpaired) electrons. The van der Waals surface area contributed by atoms with Gasteiger partial charge in [-0.2, -0.15) is 0 Å². The third-order valence-corrected chi connectivity index (χ3v) is 4.46. The van der Waals surface area contributed by atoms with Crippen molar-refractivity contribution in [2.45, 2.75) is 19.2 Å². The van der Waals surface area contributed by atoms with E-state index in [0.717, 1.165) is 11.3 Å². The number of aryl methyl sites for hydroxylation is 2. The molecule has 0 saturated heterocycles. The first-order chi connectivity index (χ1) is 8.13. The second kappa shape index (κ2) is 5.11. The smallest absolute Gasteiger partial charge is 0.123 e. The molecule has 17 heavy (non-hydrogen) atoms. The summed E-state index contributed by atoms with van der Waals surface area (Å²) < 4.78 is 5.38. The Balaban J connectivity index is 2.46. The Morgan fingerprint density at radius 3 is 2.59 bits per heavy atom. The SMILES string of the molecule is COc1ccc(C)cc1C(Cl)c1sccc1C. The van der Waals surface area contributed by atoms with E-state index in [9.17, 15) is 0 Å². The van der Waals surface area contributed by atoms with E-state index in [1.54, 1.807) is 18.4 Å². The summed E-state index contributed by atoms with van der Waals surface area (Å²) in [5.41, 5.74) is 3.47. The van der Waals surface area contributed by atoms with Crippen molar-refractivity contribution in [2.75, 3.05) is 7.11 Å². The lowest BCUT2D eigenvalue weighted by molar-refractivity contribution is 0.410. The third-order valence-electron chi connectivity index (χ3n) is 2.79. The number of methoxy groups -OCH3 is 1. The summed E-state index contributed by atoms with van der Waals surface area (Å²) in [4.78, 5) is 1.19. The molecule has 2 rings (SSSR count). The highest BCUT2D eigenvalue weighted by atomic mass is 35.5. The van der Waals surface area contributed by atoms with Gasteiger partial charge in [-0.15, -0.1) is 22.9 Å². The lowest BCUT2D eigenvalue weighted by Crippen LogP contribution is -1.97. The first kappa shape index (κ1) is 12.5. The fraction of sp³-hybridized carbons (Fsp3) is 0.286. The molecule has 0 saturated carbocycles. The fourth-order valence-corrected chi connectivity index (χ4v) is 3.25. The molecule has 1 nitrogen and oxygen atoms in total. The summed E-state index contributed by atoms with van der Waals surface area (Å²) in [7, 11) is 1.68. The molecule has 3 heteroatoms. The van der Waals surface area contributed by atoms with Gasteiger partial charge < -0.3 is 4.74 Å². The zero-order valence-corrected chi connectivity index (χ0v) is 11.7. The predicted octanol–water partition coefficient (Wildman–Crippen LogP) is 4.70. The lowest BCUT2D eigenvalue weighted by atomic mass is 10.0. The van der Waals surface area contributed by atoms with Crippen molar-refractivity contribution in [2.24, 2.45) is 0 Å². The summed E-state index contributed by atoms with van der Waals surface area (Å²) in [6, 6.07) is 8.20. The van der Waals surface area contributed by atoms with E-state index in [1.807, 2.05) is 12.1 Å². The van der Waals surface area contributed by atoms with E-state index in [2.05, 4.69) is 31.4 Å². The minimum absolute atomic E-state index is 0.134. The molecule has 0 aliphatic carbocycles. The largest absolute Gasteiger partial charge is 0.496 e.